The molecule has 6 heteroatoms. The number of carboxylic acids is 1. The predicted molar refractivity (Wildman–Crippen MR) is 71.9 cm³/mol. The highest BCUT2D eigenvalue weighted by atomic mass is 16.5. The maximum atomic E-state index is 11.9. The molecular weight excluding hydrogens is 260 g/mol. The van der Waals surface area contributed by atoms with Crippen LogP contribution in [-0.2, 0) is 4.74 Å². The third kappa shape index (κ3) is 2.60. The summed E-state index contributed by atoms with van der Waals surface area (Å²) < 4.78 is 5.67. The highest BCUT2D eigenvalue weighted by Gasteiger charge is 2.41. The van der Waals surface area contributed by atoms with Gasteiger partial charge in [-0.3, -0.25) is 0 Å². The Hall–Kier alpha value is -2.08. The van der Waals surface area contributed by atoms with E-state index in [1.807, 2.05) is 0 Å². The average Bonchev–Trinajstić information content (AvgIpc) is 3.01. The first-order chi connectivity index (χ1) is 9.61. The minimum Gasteiger partial charge on any atom is -0.478 e. The Morgan fingerprint density at radius 1 is 1.20 bits per heavy atom. The molecule has 3 atom stereocenters. The number of rotatable bonds is 3. The number of nitrogens with one attached hydrogen (secondary N) is 2. The van der Waals surface area contributed by atoms with Gasteiger partial charge >= 0.3 is 12.0 Å². The zero-order chi connectivity index (χ0) is 14.1. The third-order valence-corrected chi connectivity index (χ3v) is 3.81. The van der Waals surface area contributed by atoms with Crippen molar-refractivity contribution in [2.75, 3.05) is 5.32 Å². The summed E-state index contributed by atoms with van der Waals surface area (Å²) in [6, 6.07) is 5.85. The quantitative estimate of drug-likeness (QED) is 0.786. The molecule has 1 aromatic rings. The highest BCUT2D eigenvalue weighted by molar-refractivity contribution is 5.91. The van der Waals surface area contributed by atoms with E-state index in [0.717, 1.165) is 19.3 Å². The second kappa shape index (κ2) is 5.13. The summed E-state index contributed by atoms with van der Waals surface area (Å²) in [5, 5.41) is 14.4. The van der Waals surface area contributed by atoms with E-state index in [-0.39, 0.29) is 23.7 Å². The summed E-state index contributed by atoms with van der Waals surface area (Å²) >= 11 is 0. The summed E-state index contributed by atoms with van der Waals surface area (Å²) in [4.78, 5) is 22.6. The number of ether oxygens (including phenoxy) is 1. The van der Waals surface area contributed by atoms with E-state index in [0.29, 0.717) is 11.8 Å². The van der Waals surface area contributed by atoms with Crippen LogP contribution in [0.25, 0.3) is 0 Å². The van der Waals surface area contributed by atoms with Gasteiger partial charge in [-0.2, -0.15) is 0 Å². The van der Waals surface area contributed by atoms with Gasteiger partial charge in [-0.25, -0.2) is 9.59 Å². The normalized spacial score (nSPS) is 27.3. The van der Waals surface area contributed by atoms with E-state index in [1.165, 1.54) is 12.1 Å². The molecule has 20 heavy (non-hydrogen) atoms. The molecule has 0 aliphatic carbocycles. The molecule has 2 bridgehead atoms. The van der Waals surface area contributed by atoms with Gasteiger partial charge in [-0.15, -0.1) is 0 Å². The van der Waals surface area contributed by atoms with Crippen molar-refractivity contribution in [3.8, 4) is 0 Å². The Morgan fingerprint density at radius 3 is 2.50 bits per heavy atom. The number of fused-ring (bicyclic) bond motifs is 2. The van der Waals surface area contributed by atoms with Crippen LogP contribution in [0.5, 0.6) is 0 Å². The van der Waals surface area contributed by atoms with Crippen molar-refractivity contribution in [2.24, 2.45) is 0 Å². The first kappa shape index (κ1) is 12.9. The second-order valence-corrected chi connectivity index (χ2v) is 5.20. The lowest BCUT2D eigenvalue weighted by Crippen LogP contribution is -2.43. The second-order valence-electron chi connectivity index (χ2n) is 5.20. The molecule has 0 spiro atoms. The van der Waals surface area contributed by atoms with Crippen LogP contribution in [0.3, 0.4) is 0 Å². The number of urea groups is 1. The van der Waals surface area contributed by atoms with Gasteiger partial charge in [0.25, 0.3) is 0 Å². The van der Waals surface area contributed by atoms with Crippen LogP contribution < -0.4 is 10.6 Å². The molecular formula is C14H16N2O4. The van der Waals surface area contributed by atoms with E-state index in [9.17, 15) is 9.59 Å². The number of hydrogen-bond donors (Lipinski definition) is 3. The van der Waals surface area contributed by atoms with Crippen LogP contribution in [0.15, 0.2) is 24.3 Å². The van der Waals surface area contributed by atoms with Gasteiger partial charge in [0, 0.05) is 5.69 Å². The number of aromatic carboxylic acids is 1. The molecule has 0 saturated carbocycles. The van der Waals surface area contributed by atoms with Crippen molar-refractivity contribution < 1.29 is 19.4 Å². The van der Waals surface area contributed by atoms with Crippen LogP contribution in [0, 0.1) is 0 Å². The van der Waals surface area contributed by atoms with E-state index >= 15 is 0 Å². The molecule has 2 fully saturated rings. The van der Waals surface area contributed by atoms with Crippen LogP contribution in [0.4, 0.5) is 10.5 Å². The number of carbonyl (C=O) groups is 2. The minimum absolute atomic E-state index is 0.0760. The zero-order valence-corrected chi connectivity index (χ0v) is 10.8. The number of carbonyl (C=O) groups excluding carboxylic acids is 1. The monoisotopic (exact) mass is 276 g/mol. The largest absolute Gasteiger partial charge is 0.478 e. The van der Waals surface area contributed by atoms with Crippen molar-refractivity contribution >= 4 is 17.7 Å². The van der Waals surface area contributed by atoms with E-state index in [4.69, 9.17) is 9.84 Å². The maximum Gasteiger partial charge on any atom is 0.335 e. The molecule has 1 aromatic carbocycles. The predicted octanol–water partition coefficient (Wildman–Crippen LogP) is 1.83. The Kier molecular flexibility index (Phi) is 3.31. The Bertz CT molecular complexity index is 528. The number of hydrogen-bond acceptors (Lipinski definition) is 3. The smallest absolute Gasteiger partial charge is 0.335 e. The molecule has 2 heterocycles. The first-order valence-electron chi connectivity index (χ1n) is 6.68. The number of amides is 2. The lowest BCUT2D eigenvalue weighted by molar-refractivity contribution is 0.0697. The Labute approximate surface area is 116 Å². The fraction of sp³-hybridized carbons (Fsp3) is 0.429. The summed E-state index contributed by atoms with van der Waals surface area (Å²) in [7, 11) is 0. The van der Waals surface area contributed by atoms with E-state index in [1.54, 1.807) is 12.1 Å². The Balaban J connectivity index is 1.55. The maximum absolute atomic E-state index is 11.9. The lowest BCUT2D eigenvalue weighted by Gasteiger charge is -2.20. The van der Waals surface area contributed by atoms with Crippen molar-refractivity contribution in [2.45, 2.75) is 37.5 Å². The molecule has 3 N–H and O–H groups in total. The summed E-state index contributed by atoms with van der Waals surface area (Å²) in [6.07, 6.45) is 3.39. The van der Waals surface area contributed by atoms with Gasteiger partial charge in [-0.1, -0.05) is 0 Å². The van der Waals surface area contributed by atoms with E-state index < -0.39 is 5.97 Å². The van der Waals surface area contributed by atoms with Gasteiger partial charge in [0.1, 0.15) is 0 Å². The molecule has 3 unspecified atom stereocenters. The summed E-state index contributed by atoms with van der Waals surface area (Å²) in [5.74, 6) is -0.986. The van der Waals surface area contributed by atoms with Crippen LogP contribution in [0.2, 0.25) is 0 Å². The molecule has 106 valence electrons. The fourth-order valence-corrected chi connectivity index (χ4v) is 2.82. The van der Waals surface area contributed by atoms with Gasteiger partial charge in [0.05, 0.1) is 23.8 Å². The zero-order valence-electron chi connectivity index (χ0n) is 10.8. The Morgan fingerprint density at radius 2 is 1.95 bits per heavy atom. The molecule has 2 aliphatic heterocycles. The minimum atomic E-state index is -0.986. The molecule has 0 radical (unpaired) electrons. The first-order valence-corrected chi connectivity index (χ1v) is 6.68. The van der Waals surface area contributed by atoms with Crippen molar-refractivity contribution in [3.05, 3.63) is 29.8 Å². The van der Waals surface area contributed by atoms with Gasteiger partial charge in [0.15, 0.2) is 0 Å². The van der Waals surface area contributed by atoms with Crippen LogP contribution in [-0.4, -0.2) is 35.4 Å². The lowest BCUT2D eigenvalue weighted by atomic mass is 9.96. The van der Waals surface area contributed by atoms with Gasteiger partial charge in [-0.05, 0) is 43.5 Å². The van der Waals surface area contributed by atoms with Crippen molar-refractivity contribution in [3.63, 3.8) is 0 Å². The van der Waals surface area contributed by atoms with Gasteiger partial charge in [0.2, 0.25) is 0 Å². The standard InChI is InChI=1S/C14H16N2O4/c17-13(18)8-1-3-9(4-2-8)15-14(19)16-11-7-10-5-6-12(11)20-10/h1-4,10-12H,5-7H2,(H,17,18)(H2,15,16,19). The molecule has 2 aliphatic rings. The van der Waals surface area contributed by atoms with E-state index in [2.05, 4.69) is 10.6 Å². The van der Waals surface area contributed by atoms with Crippen LogP contribution in [0.1, 0.15) is 29.6 Å². The third-order valence-electron chi connectivity index (χ3n) is 3.81. The van der Waals surface area contributed by atoms with Crippen LogP contribution >= 0.6 is 0 Å². The number of benzene rings is 1. The SMILES string of the molecule is O=C(Nc1ccc(C(=O)O)cc1)NC1CC2CCC1O2. The number of carboxylic acid groups (broad SMARTS) is 1. The highest BCUT2D eigenvalue weighted by Crippen LogP contribution is 2.34. The summed E-state index contributed by atoms with van der Waals surface area (Å²) in [6.45, 7) is 0. The topological polar surface area (TPSA) is 87.7 Å². The van der Waals surface area contributed by atoms with Gasteiger partial charge < -0.3 is 20.5 Å². The molecule has 3 rings (SSSR count). The van der Waals surface area contributed by atoms with Crippen molar-refractivity contribution in [1.82, 2.24) is 5.32 Å². The number of anilines is 1. The molecule has 2 amide bonds. The molecule has 0 aromatic heterocycles. The fourth-order valence-electron chi connectivity index (χ4n) is 2.82. The van der Waals surface area contributed by atoms with Crippen molar-refractivity contribution in [1.29, 1.82) is 0 Å². The molecule has 2 saturated heterocycles. The summed E-state index contributed by atoms with van der Waals surface area (Å²) in [5.41, 5.74) is 0.758. The molecule has 6 nitrogen and oxygen atoms in total. The average molecular weight is 276 g/mol.